The zero-order chi connectivity index (χ0) is 18.7. The van der Waals surface area contributed by atoms with Crippen LogP contribution < -0.4 is 10.6 Å². The molecule has 0 atom stereocenters. The maximum absolute atomic E-state index is 12.9. The monoisotopic (exact) mass is 359 g/mol. The molecule has 2 aromatic heterocycles. The van der Waals surface area contributed by atoms with Crippen LogP contribution in [0.15, 0.2) is 12.3 Å². The number of pyridine rings is 1. The highest BCUT2D eigenvalue weighted by molar-refractivity contribution is 6.05. The summed E-state index contributed by atoms with van der Waals surface area (Å²) < 4.78 is 7.30. The van der Waals surface area contributed by atoms with Gasteiger partial charge in [-0.25, -0.2) is 9.67 Å². The SMILES string of the molecule is COCC1(CNC(=O)c2cc(C)nc3c2cnn3C(C)C)CCNCC1. The van der Waals surface area contributed by atoms with E-state index in [2.05, 4.69) is 34.6 Å². The van der Waals surface area contributed by atoms with Gasteiger partial charge in [0.1, 0.15) is 0 Å². The van der Waals surface area contributed by atoms with E-state index in [0.29, 0.717) is 18.7 Å². The molecule has 7 heteroatoms. The average molecular weight is 359 g/mol. The van der Waals surface area contributed by atoms with E-state index in [-0.39, 0.29) is 17.4 Å². The summed E-state index contributed by atoms with van der Waals surface area (Å²) in [5.41, 5.74) is 2.22. The first kappa shape index (κ1) is 18.8. The smallest absolute Gasteiger partial charge is 0.252 e. The molecule has 1 fully saturated rings. The zero-order valence-corrected chi connectivity index (χ0v) is 16.1. The maximum Gasteiger partial charge on any atom is 0.252 e. The third kappa shape index (κ3) is 3.73. The van der Waals surface area contributed by atoms with Gasteiger partial charge in [0.2, 0.25) is 0 Å². The Hall–Kier alpha value is -1.99. The van der Waals surface area contributed by atoms with Crippen molar-refractivity contribution in [3.63, 3.8) is 0 Å². The van der Waals surface area contributed by atoms with E-state index in [1.165, 1.54) is 0 Å². The van der Waals surface area contributed by atoms with Crippen LogP contribution in [0.25, 0.3) is 11.0 Å². The Morgan fingerprint density at radius 2 is 2.15 bits per heavy atom. The topological polar surface area (TPSA) is 81.1 Å². The van der Waals surface area contributed by atoms with Crippen molar-refractivity contribution in [1.82, 2.24) is 25.4 Å². The number of nitrogens with zero attached hydrogens (tertiary/aromatic N) is 3. The lowest BCUT2D eigenvalue weighted by molar-refractivity contribution is 0.0512. The number of hydrogen-bond donors (Lipinski definition) is 2. The van der Waals surface area contributed by atoms with E-state index >= 15 is 0 Å². The first-order valence-electron chi connectivity index (χ1n) is 9.28. The van der Waals surface area contributed by atoms with E-state index in [4.69, 9.17) is 4.74 Å². The van der Waals surface area contributed by atoms with Crippen LogP contribution in [0.2, 0.25) is 0 Å². The fraction of sp³-hybridized carbons (Fsp3) is 0.632. The summed E-state index contributed by atoms with van der Waals surface area (Å²) in [6, 6.07) is 2.03. The van der Waals surface area contributed by atoms with Gasteiger partial charge in [-0.1, -0.05) is 0 Å². The Morgan fingerprint density at radius 1 is 1.42 bits per heavy atom. The summed E-state index contributed by atoms with van der Waals surface area (Å²) in [5.74, 6) is -0.0715. The number of aromatic nitrogens is 3. The standard InChI is InChI=1S/C19H29N5O2/c1-13(2)24-17-16(10-22-24)15(9-14(3)23-17)18(25)21-11-19(12-26-4)5-7-20-8-6-19/h9-10,13,20H,5-8,11-12H2,1-4H3,(H,21,25). The minimum Gasteiger partial charge on any atom is -0.384 e. The third-order valence-electron chi connectivity index (χ3n) is 5.17. The number of hydrogen-bond acceptors (Lipinski definition) is 5. The van der Waals surface area contributed by atoms with Crippen LogP contribution in [0.5, 0.6) is 0 Å². The van der Waals surface area contributed by atoms with Gasteiger partial charge in [0.05, 0.1) is 23.8 Å². The Bertz CT molecular complexity index is 772. The lowest BCUT2D eigenvalue weighted by atomic mass is 9.79. The number of carbonyl (C=O) groups excluding carboxylic acids is 1. The van der Waals surface area contributed by atoms with E-state index in [0.717, 1.165) is 42.7 Å². The predicted molar refractivity (Wildman–Crippen MR) is 101 cm³/mol. The van der Waals surface area contributed by atoms with Crippen LogP contribution >= 0.6 is 0 Å². The minimum atomic E-state index is -0.0715. The van der Waals surface area contributed by atoms with Gasteiger partial charge >= 0.3 is 0 Å². The summed E-state index contributed by atoms with van der Waals surface area (Å²) in [5, 5.41) is 11.7. The highest BCUT2D eigenvalue weighted by atomic mass is 16.5. The summed E-state index contributed by atoms with van der Waals surface area (Å²) in [6.07, 6.45) is 3.74. The molecule has 2 N–H and O–H groups in total. The summed E-state index contributed by atoms with van der Waals surface area (Å²) in [6.45, 7) is 9.21. The van der Waals surface area contributed by atoms with E-state index in [1.54, 1.807) is 13.3 Å². The van der Waals surface area contributed by atoms with Gasteiger partial charge in [0.25, 0.3) is 5.91 Å². The number of amides is 1. The highest BCUT2D eigenvalue weighted by Gasteiger charge is 2.32. The number of aryl methyl sites for hydroxylation is 1. The van der Waals surface area contributed by atoms with Crippen LogP contribution in [0.3, 0.4) is 0 Å². The molecular formula is C19H29N5O2. The third-order valence-corrected chi connectivity index (χ3v) is 5.17. The van der Waals surface area contributed by atoms with Gasteiger partial charge in [-0.05, 0) is 52.8 Å². The van der Waals surface area contributed by atoms with Crippen molar-refractivity contribution in [3.05, 3.63) is 23.5 Å². The number of carbonyl (C=O) groups is 1. The molecule has 2 aromatic rings. The maximum atomic E-state index is 12.9. The fourth-order valence-electron chi connectivity index (χ4n) is 3.71. The normalized spacial score (nSPS) is 17.0. The number of piperidine rings is 1. The molecule has 142 valence electrons. The lowest BCUT2D eigenvalue weighted by Gasteiger charge is -2.37. The van der Waals surface area contributed by atoms with Crippen LogP contribution in [0, 0.1) is 12.3 Å². The molecule has 0 unspecified atom stereocenters. The number of fused-ring (bicyclic) bond motifs is 1. The highest BCUT2D eigenvalue weighted by Crippen LogP contribution is 2.28. The molecule has 1 aliphatic heterocycles. The van der Waals surface area contributed by atoms with Crippen LogP contribution in [-0.4, -0.2) is 54.0 Å². The number of rotatable bonds is 6. The molecule has 3 heterocycles. The molecule has 0 bridgehead atoms. The first-order valence-corrected chi connectivity index (χ1v) is 9.28. The molecule has 26 heavy (non-hydrogen) atoms. The summed E-state index contributed by atoms with van der Waals surface area (Å²) in [7, 11) is 1.72. The van der Waals surface area contributed by atoms with E-state index in [9.17, 15) is 4.79 Å². The molecule has 0 aromatic carbocycles. The zero-order valence-electron chi connectivity index (χ0n) is 16.1. The van der Waals surface area contributed by atoms with Crippen molar-refractivity contribution in [3.8, 4) is 0 Å². The number of ether oxygens (including phenoxy) is 1. The quantitative estimate of drug-likeness (QED) is 0.825. The number of methoxy groups -OCH3 is 1. The number of nitrogens with one attached hydrogen (secondary N) is 2. The molecule has 3 rings (SSSR count). The molecule has 0 radical (unpaired) electrons. The molecule has 0 aliphatic carbocycles. The molecule has 7 nitrogen and oxygen atoms in total. The van der Waals surface area contributed by atoms with Gasteiger partial charge in [0, 0.05) is 30.8 Å². The molecule has 1 saturated heterocycles. The average Bonchev–Trinajstić information content (AvgIpc) is 3.04. The van der Waals surface area contributed by atoms with E-state index < -0.39 is 0 Å². The van der Waals surface area contributed by atoms with Crippen molar-refractivity contribution in [1.29, 1.82) is 0 Å². The van der Waals surface area contributed by atoms with Crippen molar-refractivity contribution in [2.24, 2.45) is 5.41 Å². The largest absolute Gasteiger partial charge is 0.384 e. The molecule has 1 aliphatic rings. The second-order valence-electron chi connectivity index (χ2n) is 7.60. The van der Waals surface area contributed by atoms with Gasteiger partial charge < -0.3 is 15.4 Å². The van der Waals surface area contributed by atoms with Gasteiger partial charge in [-0.3, -0.25) is 4.79 Å². The fourth-order valence-corrected chi connectivity index (χ4v) is 3.71. The predicted octanol–water partition coefficient (Wildman–Crippen LogP) is 2.07. The van der Waals surface area contributed by atoms with E-state index in [1.807, 2.05) is 17.7 Å². The first-order chi connectivity index (χ1) is 12.5. The molecular weight excluding hydrogens is 330 g/mol. The van der Waals surface area contributed by atoms with Crippen molar-refractivity contribution >= 4 is 16.9 Å². The Kier molecular flexibility index (Phi) is 5.58. The van der Waals surface area contributed by atoms with Crippen LogP contribution in [0.1, 0.15) is 48.8 Å². The van der Waals surface area contributed by atoms with Crippen molar-refractivity contribution in [2.45, 2.75) is 39.7 Å². The Balaban J connectivity index is 1.83. The van der Waals surface area contributed by atoms with Crippen LogP contribution in [-0.2, 0) is 4.74 Å². The second kappa shape index (κ2) is 7.72. The molecule has 0 spiro atoms. The Morgan fingerprint density at radius 3 is 2.81 bits per heavy atom. The minimum absolute atomic E-state index is 0.00103. The van der Waals surface area contributed by atoms with Crippen LogP contribution in [0.4, 0.5) is 0 Å². The van der Waals surface area contributed by atoms with Gasteiger partial charge in [-0.15, -0.1) is 0 Å². The molecule has 1 amide bonds. The summed E-state index contributed by atoms with van der Waals surface area (Å²) >= 11 is 0. The van der Waals surface area contributed by atoms with Crippen molar-refractivity contribution in [2.75, 3.05) is 33.4 Å². The van der Waals surface area contributed by atoms with Crippen molar-refractivity contribution < 1.29 is 9.53 Å². The Labute approximate surface area is 154 Å². The molecule has 0 saturated carbocycles. The second-order valence-corrected chi connectivity index (χ2v) is 7.60. The lowest BCUT2D eigenvalue weighted by Crippen LogP contribution is -2.47. The summed E-state index contributed by atoms with van der Waals surface area (Å²) in [4.78, 5) is 17.5. The van der Waals surface area contributed by atoms with Gasteiger partial charge in [0.15, 0.2) is 5.65 Å². The van der Waals surface area contributed by atoms with Gasteiger partial charge in [-0.2, -0.15) is 5.10 Å².